The third kappa shape index (κ3) is 4.97. The van der Waals surface area contributed by atoms with E-state index in [1.165, 1.54) is 24.3 Å². The number of carbonyl (C=O) groups is 3. The highest BCUT2D eigenvalue weighted by atomic mass is 19.1. The first kappa shape index (κ1) is 23.9. The Morgan fingerprint density at radius 2 is 1.76 bits per heavy atom. The number of hydrogen-bond acceptors (Lipinski definition) is 4. The molecule has 0 spiro atoms. The van der Waals surface area contributed by atoms with Gasteiger partial charge in [0.2, 0.25) is 5.91 Å². The number of halogens is 1. The smallest absolute Gasteiger partial charge is 0.325 e. The van der Waals surface area contributed by atoms with E-state index in [1.54, 1.807) is 6.92 Å². The topological polar surface area (TPSA) is 81.8 Å². The number of nitrogens with one attached hydrogen (secondary N) is 2. The van der Waals surface area contributed by atoms with Crippen LogP contribution in [0.5, 0.6) is 0 Å². The van der Waals surface area contributed by atoms with Crippen molar-refractivity contribution in [3.8, 4) is 0 Å². The Balaban J connectivity index is 1.41. The number of nitrogens with zero attached hydrogens (tertiary/aromatic N) is 2. The van der Waals surface area contributed by atoms with Crippen molar-refractivity contribution in [3.05, 3.63) is 71.5 Å². The van der Waals surface area contributed by atoms with Crippen LogP contribution in [0.2, 0.25) is 0 Å². The lowest BCUT2D eigenvalue weighted by Crippen LogP contribution is -2.46. The van der Waals surface area contributed by atoms with Gasteiger partial charge in [0, 0.05) is 6.54 Å². The third-order valence-corrected chi connectivity index (χ3v) is 6.93. The highest BCUT2D eigenvalue weighted by molar-refractivity contribution is 6.09. The SMILES string of the molecule is CC1CCN(C(CNC(=O)CN2C(=O)NC(C)(c3ccc(F)cc3)C2=O)c2ccccc2)CC1. The van der Waals surface area contributed by atoms with Gasteiger partial charge in [-0.15, -0.1) is 0 Å². The standard InChI is InChI=1S/C26H31FN4O3/c1-18-12-14-30(15-13-18)22(19-6-4-3-5-7-19)16-28-23(32)17-31-24(33)26(2,29-25(31)34)20-8-10-21(27)11-9-20/h3-11,18,22H,12-17H2,1-2H3,(H,28,32)(H,29,34). The van der Waals surface area contributed by atoms with Crippen LogP contribution in [0.4, 0.5) is 9.18 Å². The zero-order chi connectivity index (χ0) is 24.3. The molecule has 2 fully saturated rings. The largest absolute Gasteiger partial charge is 0.353 e. The molecule has 2 unspecified atom stereocenters. The van der Waals surface area contributed by atoms with E-state index in [4.69, 9.17) is 0 Å². The molecule has 2 saturated heterocycles. The molecule has 4 amide bonds. The molecule has 2 atom stereocenters. The first-order valence-corrected chi connectivity index (χ1v) is 11.7. The van der Waals surface area contributed by atoms with Crippen LogP contribution in [0, 0.1) is 11.7 Å². The molecular formula is C26H31FN4O3. The van der Waals surface area contributed by atoms with E-state index in [0.29, 0.717) is 18.0 Å². The van der Waals surface area contributed by atoms with Gasteiger partial charge in [-0.05, 0) is 62.0 Å². The van der Waals surface area contributed by atoms with Gasteiger partial charge in [-0.25, -0.2) is 9.18 Å². The van der Waals surface area contributed by atoms with Crippen molar-refractivity contribution in [1.82, 2.24) is 20.4 Å². The maximum absolute atomic E-state index is 13.3. The van der Waals surface area contributed by atoms with Gasteiger partial charge in [0.25, 0.3) is 5.91 Å². The van der Waals surface area contributed by atoms with Crippen molar-refractivity contribution in [2.45, 2.75) is 38.3 Å². The lowest BCUT2D eigenvalue weighted by molar-refractivity contribution is -0.134. The van der Waals surface area contributed by atoms with Gasteiger partial charge in [-0.2, -0.15) is 0 Å². The molecule has 0 aliphatic carbocycles. The lowest BCUT2D eigenvalue weighted by Gasteiger charge is -2.37. The Labute approximate surface area is 199 Å². The van der Waals surface area contributed by atoms with E-state index in [1.807, 2.05) is 18.2 Å². The fourth-order valence-electron chi connectivity index (χ4n) is 4.70. The first-order chi connectivity index (χ1) is 16.3. The van der Waals surface area contributed by atoms with Crippen molar-refractivity contribution in [2.24, 2.45) is 5.92 Å². The molecule has 2 aliphatic heterocycles. The van der Waals surface area contributed by atoms with Crippen molar-refractivity contribution in [1.29, 1.82) is 0 Å². The van der Waals surface area contributed by atoms with Crippen LogP contribution < -0.4 is 10.6 Å². The summed E-state index contributed by atoms with van der Waals surface area (Å²) >= 11 is 0. The number of likely N-dealkylation sites (tertiary alicyclic amines) is 1. The summed E-state index contributed by atoms with van der Waals surface area (Å²) in [7, 11) is 0. The number of benzene rings is 2. The van der Waals surface area contributed by atoms with Crippen LogP contribution in [0.25, 0.3) is 0 Å². The summed E-state index contributed by atoms with van der Waals surface area (Å²) in [5, 5.41) is 5.57. The molecule has 2 aliphatic rings. The van der Waals surface area contributed by atoms with Crippen LogP contribution in [0.3, 0.4) is 0 Å². The fraction of sp³-hybridized carbons (Fsp3) is 0.423. The highest BCUT2D eigenvalue weighted by Gasteiger charge is 2.49. The molecule has 7 nitrogen and oxygen atoms in total. The van der Waals surface area contributed by atoms with Crippen molar-refractivity contribution < 1.29 is 18.8 Å². The number of amides is 4. The quantitative estimate of drug-likeness (QED) is 0.614. The van der Waals surface area contributed by atoms with Gasteiger partial charge >= 0.3 is 6.03 Å². The molecule has 0 aromatic heterocycles. The molecule has 2 aromatic rings. The zero-order valence-electron chi connectivity index (χ0n) is 19.6. The van der Waals surface area contributed by atoms with Crippen molar-refractivity contribution >= 4 is 17.8 Å². The summed E-state index contributed by atoms with van der Waals surface area (Å²) in [6.07, 6.45) is 2.23. The number of carbonyl (C=O) groups excluding carboxylic acids is 3. The molecule has 2 aromatic carbocycles. The average Bonchev–Trinajstić information content (AvgIpc) is 3.05. The second-order valence-electron chi connectivity index (χ2n) is 9.40. The van der Waals surface area contributed by atoms with Crippen LogP contribution >= 0.6 is 0 Å². The van der Waals surface area contributed by atoms with Crippen LogP contribution in [0.1, 0.15) is 43.9 Å². The van der Waals surface area contributed by atoms with Gasteiger partial charge in [0.15, 0.2) is 0 Å². The van der Waals surface area contributed by atoms with Crippen molar-refractivity contribution in [3.63, 3.8) is 0 Å². The minimum atomic E-state index is -1.35. The molecule has 8 heteroatoms. The Kier molecular flexibility index (Phi) is 6.97. The van der Waals surface area contributed by atoms with E-state index < -0.39 is 29.2 Å². The van der Waals surface area contributed by atoms with Gasteiger partial charge < -0.3 is 10.6 Å². The maximum Gasteiger partial charge on any atom is 0.325 e. The Morgan fingerprint density at radius 3 is 2.41 bits per heavy atom. The van der Waals surface area contributed by atoms with E-state index in [0.717, 1.165) is 36.4 Å². The second-order valence-corrected chi connectivity index (χ2v) is 9.40. The van der Waals surface area contributed by atoms with E-state index in [-0.39, 0.29) is 12.6 Å². The summed E-state index contributed by atoms with van der Waals surface area (Å²) in [5.41, 5.74) is 0.233. The Bertz CT molecular complexity index is 1040. The Hall–Kier alpha value is -3.26. The van der Waals surface area contributed by atoms with E-state index in [9.17, 15) is 18.8 Å². The average molecular weight is 467 g/mol. The zero-order valence-corrected chi connectivity index (χ0v) is 19.6. The van der Waals surface area contributed by atoms with E-state index in [2.05, 4.69) is 34.6 Å². The molecule has 0 bridgehead atoms. The predicted octanol–water partition coefficient (Wildman–Crippen LogP) is 3.18. The minimum Gasteiger partial charge on any atom is -0.353 e. The summed E-state index contributed by atoms with van der Waals surface area (Å²) < 4.78 is 13.3. The van der Waals surface area contributed by atoms with Gasteiger partial charge in [0.05, 0.1) is 6.04 Å². The lowest BCUT2D eigenvalue weighted by atomic mass is 9.92. The molecule has 180 valence electrons. The summed E-state index contributed by atoms with van der Waals surface area (Å²) in [6, 6.07) is 14.8. The van der Waals surface area contributed by atoms with Gasteiger partial charge in [-0.3, -0.25) is 19.4 Å². The summed E-state index contributed by atoms with van der Waals surface area (Å²) in [4.78, 5) is 41.7. The summed E-state index contributed by atoms with van der Waals surface area (Å²) in [5.74, 6) is -0.684. The van der Waals surface area contributed by atoms with Crippen molar-refractivity contribution in [2.75, 3.05) is 26.2 Å². The molecule has 34 heavy (non-hydrogen) atoms. The maximum atomic E-state index is 13.3. The van der Waals surface area contributed by atoms with Gasteiger partial charge in [0.1, 0.15) is 17.9 Å². The second kappa shape index (κ2) is 9.93. The number of imide groups is 1. The summed E-state index contributed by atoms with van der Waals surface area (Å²) in [6.45, 7) is 5.74. The molecular weight excluding hydrogens is 435 g/mol. The first-order valence-electron chi connectivity index (χ1n) is 11.7. The molecule has 0 radical (unpaired) electrons. The number of rotatable bonds is 7. The molecule has 4 rings (SSSR count). The van der Waals surface area contributed by atoms with Crippen LogP contribution in [-0.4, -0.2) is 53.8 Å². The third-order valence-electron chi connectivity index (χ3n) is 6.93. The predicted molar refractivity (Wildman–Crippen MR) is 126 cm³/mol. The van der Waals surface area contributed by atoms with Gasteiger partial charge in [-0.1, -0.05) is 49.4 Å². The minimum absolute atomic E-state index is 0.0187. The van der Waals surface area contributed by atoms with E-state index >= 15 is 0 Å². The number of urea groups is 1. The Morgan fingerprint density at radius 1 is 1.12 bits per heavy atom. The van der Waals surface area contributed by atoms with Crippen LogP contribution in [0.15, 0.2) is 54.6 Å². The molecule has 2 heterocycles. The normalized spacial score (nSPS) is 22.5. The number of hydrogen-bond donors (Lipinski definition) is 2. The number of piperidine rings is 1. The monoisotopic (exact) mass is 466 g/mol. The van der Waals surface area contributed by atoms with Crippen LogP contribution in [-0.2, 0) is 15.1 Å². The molecule has 2 N–H and O–H groups in total. The molecule has 0 saturated carbocycles. The highest BCUT2D eigenvalue weighted by Crippen LogP contribution is 2.29. The fourth-order valence-corrected chi connectivity index (χ4v) is 4.70.